The van der Waals surface area contributed by atoms with Gasteiger partial charge in [-0.25, -0.2) is 0 Å². The minimum atomic E-state index is -0.000297. The fourth-order valence-electron chi connectivity index (χ4n) is 6.51. The van der Waals surface area contributed by atoms with Gasteiger partial charge in [-0.3, -0.25) is 9.48 Å². The minimum Gasteiger partial charge on any atom is -0.395 e. The second kappa shape index (κ2) is 7.42. The Bertz CT molecular complexity index is 1490. The van der Waals surface area contributed by atoms with Gasteiger partial charge in [-0.1, -0.05) is 6.07 Å². The maximum Gasteiger partial charge on any atom is 0.252 e. The van der Waals surface area contributed by atoms with Crippen LogP contribution in [0.4, 0.5) is 0 Å². The molecule has 4 heterocycles. The van der Waals surface area contributed by atoms with Crippen LogP contribution in [0.2, 0.25) is 0 Å². The lowest BCUT2D eigenvalue weighted by atomic mass is 9.82. The molecule has 1 fully saturated rings. The molecule has 7 rings (SSSR count). The van der Waals surface area contributed by atoms with Gasteiger partial charge in [0.15, 0.2) is 0 Å². The molecule has 2 aromatic carbocycles. The predicted octanol–water partition coefficient (Wildman–Crippen LogP) is 3.77. The number of fused-ring (bicyclic) bond motifs is 10. The van der Waals surface area contributed by atoms with Gasteiger partial charge in [0, 0.05) is 59.9 Å². The molecule has 3 aliphatic rings. The molecule has 1 atom stereocenters. The van der Waals surface area contributed by atoms with E-state index in [2.05, 4.69) is 33.2 Å². The van der Waals surface area contributed by atoms with Crippen molar-refractivity contribution in [2.45, 2.75) is 51.3 Å². The molecule has 1 amide bonds. The molecule has 7 heteroatoms. The molecular formula is C27H28N4O3. The Kier molecular flexibility index (Phi) is 4.41. The maximum atomic E-state index is 13.2. The number of carbonyl (C=O) groups is 1. The summed E-state index contributed by atoms with van der Waals surface area (Å²) in [5.74, 6) is -0.000297. The summed E-state index contributed by atoms with van der Waals surface area (Å²) in [5, 5.41) is 19.9. The number of aromatic nitrogens is 3. The second-order valence-electron chi connectivity index (χ2n) is 9.75. The van der Waals surface area contributed by atoms with E-state index < -0.39 is 0 Å². The van der Waals surface area contributed by atoms with E-state index in [1.807, 2.05) is 17.9 Å². The average molecular weight is 457 g/mol. The molecule has 7 nitrogen and oxygen atoms in total. The molecule has 0 saturated carbocycles. The number of hydrogen-bond donors (Lipinski definition) is 2. The van der Waals surface area contributed by atoms with Crippen molar-refractivity contribution in [1.82, 2.24) is 19.7 Å². The zero-order chi connectivity index (χ0) is 23.0. The van der Waals surface area contributed by atoms with Crippen LogP contribution in [0.25, 0.3) is 32.9 Å². The zero-order valence-corrected chi connectivity index (χ0v) is 19.4. The van der Waals surface area contributed by atoms with Crippen LogP contribution in [0.15, 0.2) is 24.4 Å². The van der Waals surface area contributed by atoms with Crippen molar-refractivity contribution < 1.29 is 14.6 Å². The fourth-order valence-corrected chi connectivity index (χ4v) is 6.51. The van der Waals surface area contributed by atoms with Crippen molar-refractivity contribution in [3.63, 3.8) is 0 Å². The van der Waals surface area contributed by atoms with E-state index in [0.717, 1.165) is 76.3 Å². The van der Waals surface area contributed by atoms with Gasteiger partial charge in [0.2, 0.25) is 0 Å². The number of rotatable bonds is 3. The van der Waals surface area contributed by atoms with Crippen LogP contribution in [0.5, 0.6) is 0 Å². The standard InChI is InChI=1S/C27H28N4O3/c1-30-20-8-6-16-23(18(20)14-29-30)25-19(13-28-27(25)33)24-17-12-15(22-4-2-3-11-34-22)5-7-21(17)31(9-10-32)26(16)24/h5,7,12,14,22,32H,2-4,6,8-11,13H2,1H3,(H,28,33). The molecule has 4 aromatic rings. The normalized spacial score (nSPS) is 19.4. The van der Waals surface area contributed by atoms with Crippen LogP contribution in [-0.4, -0.2) is 38.6 Å². The Labute approximate surface area is 197 Å². The number of aliphatic hydroxyl groups excluding tert-OH is 1. The largest absolute Gasteiger partial charge is 0.395 e. The molecule has 34 heavy (non-hydrogen) atoms. The van der Waals surface area contributed by atoms with Crippen molar-refractivity contribution in [2.75, 3.05) is 13.2 Å². The molecule has 0 spiro atoms. The lowest BCUT2D eigenvalue weighted by molar-refractivity contribution is 0.0150. The van der Waals surface area contributed by atoms with Crippen molar-refractivity contribution >= 4 is 27.7 Å². The van der Waals surface area contributed by atoms with E-state index in [-0.39, 0.29) is 18.6 Å². The maximum absolute atomic E-state index is 13.2. The number of aryl methyl sites for hydroxylation is 2. The number of amides is 1. The van der Waals surface area contributed by atoms with Crippen molar-refractivity contribution in [3.05, 3.63) is 52.3 Å². The Morgan fingerprint density at radius 3 is 2.94 bits per heavy atom. The summed E-state index contributed by atoms with van der Waals surface area (Å²) in [6, 6.07) is 6.63. The highest BCUT2D eigenvalue weighted by molar-refractivity contribution is 6.19. The quantitative estimate of drug-likeness (QED) is 0.492. The number of nitrogens with zero attached hydrogens (tertiary/aromatic N) is 3. The molecule has 0 bridgehead atoms. The third kappa shape index (κ3) is 2.65. The molecule has 2 aliphatic heterocycles. The van der Waals surface area contributed by atoms with E-state index in [1.165, 1.54) is 23.2 Å². The van der Waals surface area contributed by atoms with Crippen molar-refractivity contribution in [1.29, 1.82) is 0 Å². The smallest absolute Gasteiger partial charge is 0.252 e. The molecule has 0 radical (unpaired) electrons. The monoisotopic (exact) mass is 456 g/mol. The van der Waals surface area contributed by atoms with E-state index in [9.17, 15) is 9.90 Å². The lowest BCUT2D eigenvalue weighted by Crippen LogP contribution is -2.16. The van der Waals surface area contributed by atoms with Gasteiger partial charge in [0.25, 0.3) is 5.91 Å². The van der Waals surface area contributed by atoms with Gasteiger partial charge in [-0.15, -0.1) is 0 Å². The summed E-state index contributed by atoms with van der Waals surface area (Å²) < 4.78 is 10.3. The number of ether oxygens (including phenoxy) is 1. The fraction of sp³-hybridized carbons (Fsp3) is 0.407. The minimum absolute atomic E-state index is 0.000297. The van der Waals surface area contributed by atoms with Gasteiger partial charge >= 0.3 is 0 Å². The van der Waals surface area contributed by atoms with Crippen molar-refractivity contribution in [3.8, 4) is 11.1 Å². The lowest BCUT2D eigenvalue weighted by Gasteiger charge is -2.23. The van der Waals surface area contributed by atoms with E-state index in [0.29, 0.717) is 13.1 Å². The Morgan fingerprint density at radius 2 is 2.12 bits per heavy atom. The molecule has 2 aromatic heterocycles. The average Bonchev–Trinajstić information content (AvgIpc) is 3.54. The summed E-state index contributed by atoms with van der Waals surface area (Å²) in [6.45, 7) is 1.92. The molecule has 174 valence electrons. The predicted molar refractivity (Wildman–Crippen MR) is 130 cm³/mol. The topological polar surface area (TPSA) is 81.3 Å². The Balaban J connectivity index is 1.60. The number of carbonyl (C=O) groups excluding carboxylic acids is 1. The zero-order valence-electron chi connectivity index (χ0n) is 19.4. The van der Waals surface area contributed by atoms with Crippen LogP contribution in [0.3, 0.4) is 0 Å². The first-order valence-corrected chi connectivity index (χ1v) is 12.3. The van der Waals surface area contributed by atoms with Crippen molar-refractivity contribution in [2.24, 2.45) is 7.05 Å². The first kappa shape index (κ1) is 20.2. The van der Waals surface area contributed by atoms with Crippen LogP contribution in [0, 0.1) is 0 Å². The second-order valence-corrected chi connectivity index (χ2v) is 9.75. The molecule has 1 saturated heterocycles. The van der Waals surface area contributed by atoms with E-state index in [4.69, 9.17) is 4.74 Å². The van der Waals surface area contributed by atoms with Crippen LogP contribution in [0.1, 0.15) is 58.1 Å². The number of aliphatic hydroxyl groups is 1. The SMILES string of the molecule is Cn1ncc2c1CCc1c-2c2c(c3c4cc(C5CCCCO5)ccc4n(CCO)c13)CNC2=O. The van der Waals surface area contributed by atoms with Gasteiger partial charge < -0.3 is 19.7 Å². The van der Waals surface area contributed by atoms with Crippen LogP contribution >= 0.6 is 0 Å². The summed E-state index contributed by atoms with van der Waals surface area (Å²) in [5.41, 5.74) is 9.81. The highest BCUT2D eigenvalue weighted by Crippen LogP contribution is 2.47. The number of hydrogen-bond acceptors (Lipinski definition) is 4. The molecule has 1 aliphatic carbocycles. The molecular weight excluding hydrogens is 428 g/mol. The summed E-state index contributed by atoms with van der Waals surface area (Å²) in [6.07, 6.45) is 7.11. The highest BCUT2D eigenvalue weighted by Gasteiger charge is 2.35. The first-order valence-electron chi connectivity index (χ1n) is 12.3. The van der Waals surface area contributed by atoms with Gasteiger partial charge in [-0.05, 0) is 60.9 Å². The number of nitrogens with one attached hydrogen (secondary N) is 1. The van der Waals surface area contributed by atoms with E-state index in [1.54, 1.807) is 0 Å². The Morgan fingerprint density at radius 1 is 1.21 bits per heavy atom. The third-order valence-corrected chi connectivity index (χ3v) is 8.00. The molecule has 2 N–H and O–H groups in total. The summed E-state index contributed by atoms with van der Waals surface area (Å²) in [7, 11) is 1.97. The summed E-state index contributed by atoms with van der Waals surface area (Å²) >= 11 is 0. The first-order chi connectivity index (χ1) is 16.7. The van der Waals surface area contributed by atoms with Gasteiger partial charge in [0.05, 0.1) is 30.0 Å². The number of benzene rings is 2. The summed E-state index contributed by atoms with van der Waals surface area (Å²) in [4.78, 5) is 13.2. The van der Waals surface area contributed by atoms with Gasteiger partial charge in [0.1, 0.15) is 0 Å². The van der Waals surface area contributed by atoms with Crippen LogP contribution in [-0.2, 0) is 37.7 Å². The third-order valence-electron chi connectivity index (χ3n) is 8.00. The van der Waals surface area contributed by atoms with Gasteiger partial charge in [-0.2, -0.15) is 5.10 Å². The highest BCUT2D eigenvalue weighted by atomic mass is 16.5. The van der Waals surface area contributed by atoms with E-state index >= 15 is 0 Å². The Hall–Kier alpha value is -3.16. The van der Waals surface area contributed by atoms with Crippen LogP contribution < -0.4 is 5.32 Å². The molecule has 1 unspecified atom stereocenters.